The average Bonchev–Trinajstić information content (AvgIpc) is 3.45. The van der Waals surface area contributed by atoms with Crippen molar-refractivity contribution in [1.29, 1.82) is 0 Å². The van der Waals surface area contributed by atoms with Crippen LogP contribution in [0.25, 0.3) is 5.57 Å². The lowest BCUT2D eigenvalue weighted by molar-refractivity contribution is -0.121. The number of benzene rings is 4. The van der Waals surface area contributed by atoms with Gasteiger partial charge in [0.05, 0.1) is 12.0 Å². The van der Waals surface area contributed by atoms with E-state index in [-0.39, 0.29) is 17.3 Å². The van der Waals surface area contributed by atoms with Crippen LogP contribution in [0, 0.1) is 11.7 Å². The first-order valence-electron chi connectivity index (χ1n) is 13.4. The molecule has 1 saturated heterocycles. The van der Waals surface area contributed by atoms with Crippen molar-refractivity contribution < 1.29 is 18.8 Å². The van der Waals surface area contributed by atoms with E-state index in [4.69, 9.17) is 11.6 Å². The van der Waals surface area contributed by atoms with E-state index in [9.17, 15) is 18.8 Å². The summed E-state index contributed by atoms with van der Waals surface area (Å²) in [6.07, 6.45) is 2.00. The van der Waals surface area contributed by atoms with E-state index in [0.717, 1.165) is 16.8 Å². The van der Waals surface area contributed by atoms with Crippen molar-refractivity contribution in [2.24, 2.45) is 5.92 Å². The molecule has 0 aliphatic carbocycles. The van der Waals surface area contributed by atoms with Gasteiger partial charge in [0, 0.05) is 33.1 Å². The van der Waals surface area contributed by atoms with Crippen LogP contribution in [0.4, 0.5) is 15.8 Å². The van der Waals surface area contributed by atoms with Crippen molar-refractivity contribution in [3.63, 3.8) is 0 Å². The van der Waals surface area contributed by atoms with Crippen LogP contribution < -0.4 is 10.2 Å². The lowest BCUT2D eigenvalue weighted by atomic mass is 9.64. The monoisotopic (exact) mass is 562 g/mol. The first kappa shape index (κ1) is 25.4. The summed E-state index contributed by atoms with van der Waals surface area (Å²) in [4.78, 5) is 45.6. The van der Waals surface area contributed by atoms with Crippen LogP contribution in [0.5, 0.6) is 0 Å². The molecule has 3 aliphatic heterocycles. The van der Waals surface area contributed by atoms with E-state index in [2.05, 4.69) is 5.32 Å². The number of carbonyl (C=O) groups excluding carboxylic acids is 3. The zero-order valence-electron chi connectivity index (χ0n) is 22.0. The summed E-state index contributed by atoms with van der Waals surface area (Å²) in [6, 6.07) is 25.2. The fraction of sp³-hybridized carbons (Fsp3) is 0.147. The normalized spacial score (nSPS) is 23.9. The van der Waals surface area contributed by atoms with Gasteiger partial charge in [-0.05, 0) is 78.7 Å². The average molecular weight is 563 g/mol. The minimum Gasteiger partial charge on any atom is -0.352 e. The van der Waals surface area contributed by atoms with Crippen LogP contribution in [0.3, 0.4) is 0 Å². The van der Waals surface area contributed by atoms with E-state index in [0.29, 0.717) is 21.8 Å². The second-order valence-corrected chi connectivity index (χ2v) is 11.2. The van der Waals surface area contributed by atoms with E-state index < -0.39 is 35.0 Å². The first-order chi connectivity index (χ1) is 19.8. The quantitative estimate of drug-likeness (QED) is 0.280. The number of nitrogens with one attached hydrogen (secondary N) is 1. The number of rotatable bonds is 4. The number of carbonyl (C=O) groups is 3. The maximum absolute atomic E-state index is 14.7. The Morgan fingerprint density at radius 1 is 0.854 bits per heavy atom. The predicted molar refractivity (Wildman–Crippen MR) is 157 cm³/mol. The standard InChI is InChI=1S/C34H24ClFN2O3/c1-19-18-28-34(25-7-3-4-8-26(25)37-33(34)41)29(31(39)20-12-16-23(36)17-13-20)30(32(40)21-10-14-22(35)15-11-21)38(28)27-9-5-2-6-24(19)27/h2-18,28-30H,1H3,(H,37,41)/t28-,29-,30+,34+/m0/s1. The third kappa shape index (κ3) is 3.57. The molecule has 5 nitrogen and oxygen atoms in total. The van der Waals surface area contributed by atoms with Crippen molar-refractivity contribution in [2.75, 3.05) is 10.2 Å². The molecule has 1 fully saturated rings. The van der Waals surface area contributed by atoms with Crippen LogP contribution in [-0.2, 0) is 10.2 Å². The van der Waals surface area contributed by atoms with Gasteiger partial charge in [-0.3, -0.25) is 14.4 Å². The summed E-state index contributed by atoms with van der Waals surface area (Å²) in [6.45, 7) is 1.98. The van der Waals surface area contributed by atoms with Crippen molar-refractivity contribution in [3.8, 4) is 0 Å². The van der Waals surface area contributed by atoms with Gasteiger partial charge in [-0.25, -0.2) is 4.39 Å². The lowest BCUT2D eigenvalue weighted by Crippen LogP contribution is -2.51. The van der Waals surface area contributed by atoms with Crippen LogP contribution in [0.15, 0.2) is 103 Å². The highest BCUT2D eigenvalue weighted by molar-refractivity contribution is 6.30. The molecule has 1 amide bonds. The molecule has 3 aliphatic rings. The van der Waals surface area contributed by atoms with E-state index >= 15 is 0 Å². The molecule has 4 aromatic carbocycles. The Hall–Kier alpha value is -4.55. The Morgan fingerprint density at radius 3 is 2.24 bits per heavy atom. The number of hydrogen-bond donors (Lipinski definition) is 1. The smallest absolute Gasteiger partial charge is 0.238 e. The summed E-state index contributed by atoms with van der Waals surface area (Å²) in [7, 11) is 0. The van der Waals surface area contributed by atoms with Gasteiger partial charge in [0.2, 0.25) is 5.91 Å². The summed E-state index contributed by atoms with van der Waals surface area (Å²) < 4.78 is 13.9. The topological polar surface area (TPSA) is 66.5 Å². The zero-order chi connectivity index (χ0) is 28.5. The molecule has 0 unspecified atom stereocenters. The molecule has 1 N–H and O–H groups in total. The number of allylic oxidation sites excluding steroid dienone is 1. The first-order valence-corrected chi connectivity index (χ1v) is 13.8. The van der Waals surface area contributed by atoms with Crippen LogP contribution in [0.2, 0.25) is 5.02 Å². The second kappa shape index (κ2) is 9.25. The van der Waals surface area contributed by atoms with Crippen molar-refractivity contribution in [3.05, 3.63) is 136 Å². The molecule has 0 radical (unpaired) electrons. The highest BCUT2D eigenvalue weighted by Crippen LogP contribution is 2.58. The lowest BCUT2D eigenvalue weighted by Gasteiger charge is -2.39. The SMILES string of the molecule is CC1=C[C@@H]2N(c3ccccc31)[C@@H](C(=O)c1ccc(Cl)cc1)[C@@H](C(=O)c1ccc(F)cc1)[C@]21C(=O)Nc2ccccc21. The minimum absolute atomic E-state index is 0.232. The highest BCUT2D eigenvalue weighted by atomic mass is 35.5. The zero-order valence-corrected chi connectivity index (χ0v) is 22.7. The van der Waals surface area contributed by atoms with Gasteiger partial charge in [-0.15, -0.1) is 0 Å². The maximum Gasteiger partial charge on any atom is 0.238 e. The van der Waals surface area contributed by atoms with Crippen molar-refractivity contribution in [2.45, 2.75) is 24.4 Å². The van der Waals surface area contributed by atoms with Crippen LogP contribution in [0.1, 0.15) is 38.8 Å². The second-order valence-electron chi connectivity index (χ2n) is 10.8. The van der Waals surface area contributed by atoms with Gasteiger partial charge in [0.15, 0.2) is 11.6 Å². The number of ketones is 2. The Morgan fingerprint density at radius 2 is 1.49 bits per heavy atom. The molecule has 3 heterocycles. The van der Waals surface area contributed by atoms with Crippen LogP contribution >= 0.6 is 11.6 Å². The number of amides is 1. The number of halogens is 2. The molecule has 4 aromatic rings. The van der Waals surface area contributed by atoms with Crippen LogP contribution in [-0.4, -0.2) is 29.6 Å². The van der Waals surface area contributed by atoms with Gasteiger partial charge < -0.3 is 10.2 Å². The van der Waals surface area contributed by atoms with Gasteiger partial charge in [-0.2, -0.15) is 0 Å². The summed E-state index contributed by atoms with van der Waals surface area (Å²) in [5.41, 5.74) is 3.10. The van der Waals surface area contributed by atoms with Gasteiger partial charge in [-0.1, -0.05) is 54.1 Å². The van der Waals surface area contributed by atoms with E-state index in [1.54, 1.807) is 24.3 Å². The third-order valence-electron chi connectivity index (χ3n) is 8.69. The molecule has 0 aromatic heterocycles. The molecular formula is C34H24ClFN2O3. The molecule has 0 saturated carbocycles. The van der Waals surface area contributed by atoms with Crippen molar-refractivity contribution >= 4 is 46.0 Å². The Bertz CT molecular complexity index is 1780. The summed E-state index contributed by atoms with van der Waals surface area (Å²) in [5.74, 6) is -2.65. The fourth-order valence-corrected chi connectivity index (χ4v) is 7.09. The number of para-hydroxylation sites is 2. The van der Waals surface area contributed by atoms with Crippen molar-refractivity contribution in [1.82, 2.24) is 0 Å². The number of anilines is 2. The fourth-order valence-electron chi connectivity index (χ4n) is 6.97. The number of nitrogens with zero attached hydrogens (tertiary/aromatic N) is 1. The summed E-state index contributed by atoms with van der Waals surface area (Å²) >= 11 is 6.15. The Kier molecular flexibility index (Phi) is 5.73. The molecule has 4 atom stereocenters. The molecular weight excluding hydrogens is 539 g/mol. The molecule has 1 spiro atoms. The number of fused-ring (bicyclic) bond motifs is 6. The molecule has 7 heteroatoms. The molecule has 7 rings (SSSR count). The van der Waals surface area contributed by atoms with Gasteiger partial charge >= 0.3 is 0 Å². The molecule has 0 bridgehead atoms. The maximum atomic E-state index is 14.7. The summed E-state index contributed by atoms with van der Waals surface area (Å²) in [5, 5.41) is 3.50. The molecule has 202 valence electrons. The Balaban J connectivity index is 1.55. The predicted octanol–water partition coefficient (Wildman–Crippen LogP) is 6.73. The molecule has 41 heavy (non-hydrogen) atoms. The van der Waals surface area contributed by atoms with E-state index in [1.165, 1.54) is 24.3 Å². The highest BCUT2D eigenvalue weighted by Gasteiger charge is 2.70. The Labute approximate surface area is 241 Å². The van der Waals surface area contributed by atoms with Gasteiger partial charge in [0.25, 0.3) is 0 Å². The number of hydrogen-bond acceptors (Lipinski definition) is 4. The largest absolute Gasteiger partial charge is 0.352 e. The van der Waals surface area contributed by atoms with Gasteiger partial charge in [0.1, 0.15) is 17.3 Å². The van der Waals surface area contributed by atoms with E-state index in [1.807, 2.05) is 66.4 Å². The minimum atomic E-state index is -1.43. The third-order valence-corrected chi connectivity index (χ3v) is 8.94. The number of Topliss-reactive ketones (excluding diaryl/α,β-unsaturated/α-hetero) is 2.